The molecule has 2 rings (SSSR count). The fourth-order valence-corrected chi connectivity index (χ4v) is 2.15. The Bertz CT molecular complexity index is 713. The van der Waals surface area contributed by atoms with Gasteiger partial charge >= 0.3 is 5.97 Å². The lowest BCUT2D eigenvalue weighted by Crippen LogP contribution is -2.14. The predicted molar refractivity (Wildman–Crippen MR) is 85.8 cm³/mol. The minimum Gasteiger partial charge on any atom is -0.453 e. The third-order valence-electron chi connectivity index (χ3n) is 3.46. The monoisotopic (exact) mass is 313 g/mol. The Morgan fingerprint density at radius 3 is 2.35 bits per heavy atom. The summed E-state index contributed by atoms with van der Waals surface area (Å²) in [6, 6.07) is 8.70. The number of nitrogens with one attached hydrogen (secondary N) is 1. The van der Waals surface area contributed by atoms with Crippen LogP contribution in [0.15, 0.2) is 36.5 Å². The molecule has 2 aromatic rings. The molecule has 0 bridgehead atoms. The maximum Gasteiger partial charge on any atom is 0.355 e. The minimum absolute atomic E-state index is 0.149. The van der Waals surface area contributed by atoms with Crippen LogP contribution in [0.3, 0.4) is 0 Å². The number of aryl methyl sites for hydroxylation is 1. The topological polar surface area (TPSA) is 76.2 Å². The Balaban J connectivity index is 1.92. The van der Waals surface area contributed by atoms with Crippen molar-refractivity contribution < 1.29 is 19.1 Å². The van der Waals surface area contributed by atoms with Crippen LogP contribution in [0.4, 0.5) is 0 Å². The summed E-state index contributed by atoms with van der Waals surface area (Å²) in [6.45, 7) is 3.17. The largest absolute Gasteiger partial charge is 0.453 e. The van der Waals surface area contributed by atoms with Gasteiger partial charge in [0.1, 0.15) is 5.69 Å². The number of rotatable bonds is 7. The molecule has 0 saturated heterocycles. The summed E-state index contributed by atoms with van der Waals surface area (Å²) in [5, 5.41) is 0. The van der Waals surface area contributed by atoms with Crippen LogP contribution in [-0.2, 0) is 11.2 Å². The number of carbonyl (C=O) groups is 3. The average Bonchev–Trinajstić information content (AvgIpc) is 3.03. The van der Waals surface area contributed by atoms with Crippen molar-refractivity contribution in [3.8, 4) is 0 Å². The van der Waals surface area contributed by atoms with Gasteiger partial charge in [0, 0.05) is 17.3 Å². The van der Waals surface area contributed by atoms with Gasteiger partial charge in [-0.05, 0) is 25.0 Å². The summed E-state index contributed by atoms with van der Waals surface area (Å²) >= 11 is 0. The molecular formula is C18H19NO4. The molecule has 5 heteroatoms. The summed E-state index contributed by atoms with van der Waals surface area (Å²) in [4.78, 5) is 37.7. The fourth-order valence-electron chi connectivity index (χ4n) is 2.15. The quantitative estimate of drug-likeness (QED) is 0.629. The summed E-state index contributed by atoms with van der Waals surface area (Å²) in [7, 11) is 0. The van der Waals surface area contributed by atoms with Gasteiger partial charge in [-0.15, -0.1) is 0 Å². The molecule has 1 aromatic heterocycles. The second kappa shape index (κ2) is 7.54. The molecule has 0 spiro atoms. The molecular weight excluding hydrogens is 294 g/mol. The lowest BCUT2D eigenvalue weighted by Gasteiger charge is -2.04. The normalized spacial score (nSPS) is 10.3. The molecule has 120 valence electrons. The van der Waals surface area contributed by atoms with E-state index in [9.17, 15) is 14.4 Å². The van der Waals surface area contributed by atoms with Gasteiger partial charge in [0.15, 0.2) is 18.2 Å². The lowest BCUT2D eigenvalue weighted by atomic mass is 10.1. The Morgan fingerprint density at radius 1 is 1.09 bits per heavy atom. The van der Waals surface area contributed by atoms with E-state index >= 15 is 0 Å². The number of H-pyrrole nitrogens is 1. The molecule has 0 fully saturated rings. The van der Waals surface area contributed by atoms with E-state index in [-0.39, 0.29) is 23.9 Å². The number of carbonyl (C=O) groups excluding carboxylic acids is 3. The predicted octanol–water partition coefficient (Wildman–Crippen LogP) is 3.21. The van der Waals surface area contributed by atoms with Gasteiger partial charge in [0.25, 0.3) is 0 Å². The number of hydrogen-bond acceptors (Lipinski definition) is 4. The Labute approximate surface area is 134 Å². The highest BCUT2D eigenvalue weighted by Crippen LogP contribution is 2.09. The first kappa shape index (κ1) is 16.7. The second-order valence-electron chi connectivity index (χ2n) is 5.30. The fraction of sp³-hybridized carbons (Fsp3) is 0.278. The van der Waals surface area contributed by atoms with Gasteiger partial charge in [-0.2, -0.15) is 0 Å². The van der Waals surface area contributed by atoms with Crippen molar-refractivity contribution in [3.05, 3.63) is 58.9 Å². The lowest BCUT2D eigenvalue weighted by molar-refractivity contribution is 0.0469. The van der Waals surface area contributed by atoms with E-state index in [1.165, 1.54) is 24.8 Å². The Kier molecular flexibility index (Phi) is 5.46. The second-order valence-corrected chi connectivity index (χ2v) is 5.30. The maximum atomic E-state index is 12.0. The Hall–Kier alpha value is -2.69. The average molecular weight is 313 g/mol. The molecule has 0 unspecified atom stereocenters. The highest BCUT2D eigenvalue weighted by atomic mass is 16.5. The number of Topliss-reactive ketones (excluding diaryl/α,β-unsaturated/α-hetero) is 2. The molecule has 5 nitrogen and oxygen atoms in total. The molecule has 0 amide bonds. The van der Waals surface area contributed by atoms with Gasteiger partial charge in [-0.25, -0.2) is 4.79 Å². The van der Waals surface area contributed by atoms with Gasteiger partial charge in [0.2, 0.25) is 0 Å². The SMILES string of the molecule is CCCc1ccc(C(=O)COC(=O)c2cc(C(C)=O)c[nH]2)cc1. The van der Waals surface area contributed by atoms with Gasteiger partial charge in [0.05, 0.1) is 0 Å². The van der Waals surface area contributed by atoms with Crippen molar-refractivity contribution in [2.24, 2.45) is 0 Å². The standard InChI is InChI=1S/C18H19NO4/c1-3-4-13-5-7-14(8-6-13)17(21)11-23-18(22)16-9-15(10-19-16)12(2)20/h5-10,19H,3-4,11H2,1-2H3. The summed E-state index contributed by atoms with van der Waals surface area (Å²) in [6.07, 6.45) is 3.45. The first-order valence-electron chi connectivity index (χ1n) is 7.50. The zero-order chi connectivity index (χ0) is 16.8. The van der Waals surface area contributed by atoms with E-state index in [0.29, 0.717) is 11.1 Å². The highest BCUT2D eigenvalue weighted by Gasteiger charge is 2.14. The highest BCUT2D eigenvalue weighted by molar-refractivity contribution is 6.00. The zero-order valence-corrected chi connectivity index (χ0v) is 13.2. The van der Waals surface area contributed by atoms with E-state index in [4.69, 9.17) is 4.74 Å². The third kappa shape index (κ3) is 4.39. The zero-order valence-electron chi connectivity index (χ0n) is 13.2. The number of ether oxygens (including phenoxy) is 1. The van der Waals surface area contributed by atoms with Gasteiger partial charge < -0.3 is 9.72 Å². The molecule has 1 aromatic carbocycles. The van der Waals surface area contributed by atoms with Crippen LogP contribution in [0.2, 0.25) is 0 Å². The van der Waals surface area contributed by atoms with Crippen molar-refractivity contribution in [2.75, 3.05) is 6.61 Å². The number of ketones is 2. The van der Waals surface area contributed by atoms with Gasteiger partial charge in [-0.3, -0.25) is 9.59 Å². The number of hydrogen-bond donors (Lipinski definition) is 1. The van der Waals surface area contributed by atoms with Crippen molar-refractivity contribution >= 4 is 17.5 Å². The van der Waals surface area contributed by atoms with E-state index in [1.54, 1.807) is 12.1 Å². The molecule has 0 saturated carbocycles. The van der Waals surface area contributed by atoms with Crippen LogP contribution in [0.5, 0.6) is 0 Å². The van der Waals surface area contributed by atoms with E-state index in [1.807, 2.05) is 12.1 Å². The number of aromatic nitrogens is 1. The molecule has 0 aliphatic heterocycles. The smallest absolute Gasteiger partial charge is 0.355 e. The molecule has 0 radical (unpaired) electrons. The molecule has 1 N–H and O–H groups in total. The van der Waals surface area contributed by atoms with Crippen molar-refractivity contribution in [3.63, 3.8) is 0 Å². The van der Waals surface area contributed by atoms with Crippen LogP contribution in [0.25, 0.3) is 0 Å². The van der Waals surface area contributed by atoms with Crippen molar-refractivity contribution in [2.45, 2.75) is 26.7 Å². The maximum absolute atomic E-state index is 12.0. The summed E-state index contributed by atoms with van der Waals surface area (Å²) < 4.78 is 4.98. The molecule has 23 heavy (non-hydrogen) atoms. The summed E-state index contributed by atoms with van der Waals surface area (Å²) in [5.74, 6) is -1.07. The molecule has 0 atom stereocenters. The summed E-state index contributed by atoms with van der Waals surface area (Å²) in [5.41, 5.74) is 2.23. The molecule has 0 aliphatic carbocycles. The van der Waals surface area contributed by atoms with E-state index < -0.39 is 5.97 Å². The van der Waals surface area contributed by atoms with E-state index in [0.717, 1.165) is 12.8 Å². The Morgan fingerprint density at radius 2 is 1.78 bits per heavy atom. The minimum atomic E-state index is -0.659. The number of benzene rings is 1. The van der Waals surface area contributed by atoms with E-state index in [2.05, 4.69) is 11.9 Å². The van der Waals surface area contributed by atoms with Crippen LogP contribution < -0.4 is 0 Å². The van der Waals surface area contributed by atoms with Crippen LogP contribution in [-0.4, -0.2) is 29.1 Å². The number of esters is 1. The first-order chi connectivity index (χ1) is 11.0. The third-order valence-corrected chi connectivity index (χ3v) is 3.46. The van der Waals surface area contributed by atoms with Crippen molar-refractivity contribution in [1.82, 2.24) is 4.98 Å². The molecule has 1 heterocycles. The van der Waals surface area contributed by atoms with Crippen LogP contribution >= 0.6 is 0 Å². The van der Waals surface area contributed by atoms with Gasteiger partial charge in [-0.1, -0.05) is 37.6 Å². The van der Waals surface area contributed by atoms with Crippen LogP contribution in [0, 0.1) is 0 Å². The number of aromatic amines is 1. The first-order valence-corrected chi connectivity index (χ1v) is 7.50. The van der Waals surface area contributed by atoms with Crippen molar-refractivity contribution in [1.29, 1.82) is 0 Å². The molecule has 0 aliphatic rings. The van der Waals surface area contributed by atoms with Crippen LogP contribution in [0.1, 0.15) is 57.0 Å².